The van der Waals surface area contributed by atoms with Crippen LogP contribution >= 0.6 is 27.5 Å². The van der Waals surface area contributed by atoms with Gasteiger partial charge in [0.15, 0.2) is 0 Å². The van der Waals surface area contributed by atoms with Gasteiger partial charge in [0, 0.05) is 10.4 Å². The monoisotopic (exact) mass is 260 g/mol. The van der Waals surface area contributed by atoms with Crippen molar-refractivity contribution >= 4 is 27.5 Å². The van der Waals surface area contributed by atoms with Crippen LogP contribution in [-0.2, 0) is 6.42 Å². The topological polar surface area (TPSA) is 9.23 Å². The lowest BCUT2D eigenvalue weighted by Gasteiger charge is -2.24. The Morgan fingerprint density at radius 2 is 2.38 bits per heavy atom. The normalized spacial score (nSPS) is 20.6. The third kappa shape index (κ3) is 2.00. The maximum absolute atomic E-state index is 5.88. The SMILES string of the molecule is Clc1ccc2c(c1)CCC(CBr)O2. The van der Waals surface area contributed by atoms with E-state index in [1.54, 1.807) is 0 Å². The van der Waals surface area contributed by atoms with Crippen molar-refractivity contribution in [1.82, 2.24) is 0 Å². The van der Waals surface area contributed by atoms with Crippen LogP contribution in [0.25, 0.3) is 0 Å². The Balaban J connectivity index is 2.26. The summed E-state index contributed by atoms with van der Waals surface area (Å²) >= 11 is 9.31. The Morgan fingerprint density at radius 1 is 1.54 bits per heavy atom. The molecule has 1 atom stereocenters. The van der Waals surface area contributed by atoms with E-state index in [4.69, 9.17) is 16.3 Å². The van der Waals surface area contributed by atoms with Gasteiger partial charge in [0.1, 0.15) is 11.9 Å². The van der Waals surface area contributed by atoms with E-state index in [9.17, 15) is 0 Å². The lowest BCUT2D eigenvalue weighted by Crippen LogP contribution is -2.23. The van der Waals surface area contributed by atoms with Gasteiger partial charge in [-0.05, 0) is 36.6 Å². The van der Waals surface area contributed by atoms with Crippen molar-refractivity contribution in [3.63, 3.8) is 0 Å². The van der Waals surface area contributed by atoms with E-state index in [0.717, 1.165) is 28.9 Å². The van der Waals surface area contributed by atoms with Crippen LogP contribution < -0.4 is 4.74 Å². The van der Waals surface area contributed by atoms with E-state index < -0.39 is 0 Å². The molecule has 0 amide bonds. The molecule has 1 nitrogen and oxygen atoms in total. The van der Waals surface area contributed by atoms with Crippen molar-refractivity contribution in [2.45, 2.75) is 18.9 Å². The first-order valence-corrected chi connectivity index (χ1v) is 5.80. The van der Waals surface area contributed by atoms with Crippen LogP contribution in [-0.4, -0.2) is 11.4 Å². The highest BCUT2D eigenvalue weighted by atomic mass is 79.9. The van der Waals surface area contributed by atoms with Crippen molar-refractivity contribution in [3.8, 4) is 5.75 Å². The fourth-order valence-electron chi connectivity index (χ4n) is 1.52. The van der Waals surface area contributed by atoms with E-state index in [-0.39, 0.29) is 0 Å². The Kier molecular flexibility index (Phi) is 2.80. The number of halogens is 2. The number of ether oxygens (including phenoxy) is 1. The molecule has 1 aromatic carbocycles. The molecule has 70 valence electrons. The standard InChI is InChI=1S/C10H10BrClO/c11-6-9-3-1-7-5-8(12)2-4-10(7)13-9/h2,4-5,9H,1,3,6H2. The lowest BCUT2D eigenvalue weighted by molar-refractivity contribution is 0.198. The molecule has 0 radical (unpaired) electrons. The van der Waals surface area contributed by atoms with Crippen LogP contribution in [0.15, 0.2) is 18.2 Å². The summed E-state index contributed by atoms with van der Waals surface area (Å²) in [5.41, 5.74) is 1.23. The summed E-state index contributed by atoms with van der Waals surface area (Å²) in [5, 5.41) is 1.69. The zero-order valence-electron chi connectivity index (χ0n) is 7.09. The molecule has 1 aliphatic heterocycles. The van der Waals surface area contributed by atoms with E-state index in [0.29, 0.717) is 6.10 Å². The number of benzene rings is 1. The quantitative estimate of drug-likeness (QED) is 0.704. The molecule has 0 bridgehead atoms. The molecule has 0 fully saturated rings. The lowest BCUT2D eigenvalue weighted by atomic mass is 10.0. The highest BCUT2D eigenvalue weighted by Gasteiger charge is 2.18. The molecule has 1 unspecified atom stereocenters. The third-order valence-corrected chi connectivity index (χ3v) is 3.18. The zero-order valence-corrected chi connectivity index (χ0v) is 9.44. The highest BCUT2D eigenvalue weighted by molar-refractivity contribution is 9.09. The van der Waals surface area contributed by atoms with Gasteiger partial charge in [-0.25, -0.2) is 0 Å². The minimum Gasteiger partial charge on any atom is -0.489 e. The van der Waals surface area contributed by atoms with Gasteiger partial charge in [-0.2, -0.15) is 0 Å². The Hall–Kier alpha value is -0.210. The number of aryl methyl sites for hydroxylation is 1. The largest absolute Gasteiger partial charge is 0.489 e. The van der Waals surface area contributed by atoms with Gasteiger partial charge in [-0.3, -0.25) is 0 Å². The first-order chi connectivity index (χ1) is 6.29. The number of rotatable bonds is 1. The second kappa shape index (κ2) is 3.89. The number of alkyl halides is 1. The summed E-state index contributed by atoms with van der Waals surface area (Å²) in [6, 6.07) is 5.81. The molecule has 0 saturated heterocycles. The van der Waals surface area contributed by atoms with Crippen LogP contribution in [0.5, 0.6) is 5.75 Å². The van der Waals surface area contributed by atoms with Crippen LogP contribution in [0, 0.1) is 0 Å². The number of fused-ring (bicyclic) bond motifs is 1. The van der Waals surface area contributed by atoms with Crippen molar-refractivity contribution in [2.75, 3.05) is 5.33 Å². The summed E-state index contributed by atoms with van der Waals surface area (Å²) in [5.74, 6) is 0.986. The van der Waals surface area contributed by atoms with Gasteiger partial charge in [-0.1, -0.05) is 27.5 Å². The summed E-state index contributed by atoms with van der Waals surface area (Å²) < 4.78 is 5.73. The van der Waals surface area contributed by atoms with Crippen LogP contribution in [0.3, 0.4) is 0 Å². The van der Waals surface area contributed by atoms with Crippen LogP contribution in [0.2, 0.25) is 5.02 Å². The molecule has 3 heteroatoms. The first kappa shape index (κ1) is 9.35. The van der Waals surface area contributed by atoms with E-state index in [2.05, 4.69) is 15.9 Å². The highest BCUT2D eigenvalue weighted by Crippen LogP contribution is 2.30. The predicted molar refractivity (Wildman–Crippen MR) is 58.0 cm³/mol. The average Bonchev–Trinajstić information content (AvgIpc) is 2.17. The minimum absolute atomic E-state index is 0.314. The molecule has 0 spiro atoms. The first-order valence-electron chi connectivity index (χ1n) is 4.30. The van der Waals surface area contributed by atoms with E-state index >= 15 is 0 Å². The zero-order chi connectivity index (χ0) is 9.26. The number of hydrogen-bond acceptors (Lipinski definition) is 1. The molecule has 0 aromatic heterocycles. The Labute approximate surface area is 91.2 Å². The van der Waals surface area contributed by atoms with Crippen molar-refractivity contribution < 1.29 is 4.74 Å². The second-order valence-corrected chi connectivity index (χ2v) is 4.27. The van der Waals surface area contributed by atoms with E-state index in [1.165, 1.54) is 5.56 Å². The molecule has 1 heterocycles. The van der Waals surface area contributed by atoms with Gasteiger partial charge in [0.2, 0.25) is 0 Å². The van der Waals surface area contributed by atoms with Gasteiger partial charge < -0.3 is 4.74 Å². The Bertz CT molecular complexity index is 314. The fraction of sp³-hybridized carbons (Fsp3) is 0.400. The minimum atomic E-state index is 0.314. The molecule has 1 aliphatic rings. The number of hydrogen-bond donors (Lipinski definition) is 0. The van der Waals surface area contributed by atoms with Crippen LogP contribution in [0.1, 0.15) is 12.0 Å². The van der Waals surface area contributed by atoms with Gasteiger partial charge in [0.25, 0.3) is 0 Å². The van der Waals surface area contributed by atoms with Gasteiger partial charge in [-0.15, -0.1) is 0 Å². The maximum Gasteiger partial charge on any atom is 0.123 e. The molecular weight excluding hydrogens is 251 g/mol. The molecule has 0 saturated carbocycles. The Morgan fingerprint density at radius 3 is 3.15 bits per heavy atom. The summed E-state index contributed by atoms with van der Waals surface area (Å²) in [7, 11) is 0. The van der Waals surface area contributed by atoms with Crippen molar-refractivity contribution in [2.24, 2.45) is 0 Å². The molecular formula is C10H10BrClO. The fourth-order valence-corrected chi connectivity index (χ4v) is 2.17. The predicted octanol–water partition coefficient (Wildman–Crippen LogP) is 3.43. The molecule has 1 aromatic rings. The molecule has 2 rings (SSSR count). The molecule has 13 heavy (non-hydrogen) atoms. The van der Waals surface area contributed by atoms with Crippen molar-refractivity contribution in [3.05, 3.63) is 28.8 Å². The van der Waals surface area contributed by atoms with Gasteiger partial charge >= 0.3 is 0 Å². The molecule has 0 N–H and O–H groups in total. The molecule has 0 aliphatic carbocycles. The van der Waals surface area contributed by atoms with Crippen LogP contribution in [0.4, 0.5) is 0 Å². The van der Waals surface area contributed by atoms with E-state index in [1.807, 2.05) is 18.2 Å². The summed E-state index contributed by atoms with van der Waals surface area (Å²) in [4.78, 5) is 0. The van der Waals surface area contributed by atoms with Gasteiger partial charge in [0.05, 0.1) is 0 Å². The average molecular weight is 262 g/mol. The summed E-state index contributed by atoms with van der Waals surface area (Å²) in [6.45, 7) is 0. The second-order valence-electron chi connectivity index (χ2n) is 3.18. The third-order valence-electron chi connectivity index (χ3n) is 2.22. The maximum atomic E-state index is 5.88. The smallest absolute Gasteiger partial charge is 0.123 e. The summed E-state index contributed by atoms with van der Waals surface area (Å²) in [6.07, 6.45) is 2.44. The van der Waals surface area contributed by atoms with Crippen molar-refractivity contribution in [1.29, 1.82) is 0 Å².